The molecule has 1 aromatic carbocycles. The number of halogens is 1. The average Bonchev–Trinajstić information content (AvgIpc) is 3.64. The molecule has 0 radical (unpaired) electrons. The first-order valence-electron chi connectivity index (χ1n) is 18.0. The molecule has 4 atom stereocenters. The molecule has 3 fully saturated rings. The quantitative estimate of drug-likeness (QED) is 0.239. The highest BCUT2D eigenvalue weighted by Crippen LogP contribution is 2.40. The van der Waals surface area contributed by atoms with Gasteiger partial charge in [0.25, 0.3) is 5.91 Å². The second-order valence-corrected chi connectivity index (χ2v) is 16.6. The zero-order valence-corrected chi connectivity index (χ0v) is 30.6. The number of hydrogen-bond acceptors (Lipinski definition) is 8. The summed E-state index contributed by atoms with van der Waals surface area (Å²) in [4.78, 5) is 75.5. The third-order valence-electron chi connectivity index (χ3n) is 10.4. The molecule has 0 unspecified atom stereocenters. The Hall–Kier alpha value is -3.51. The summed E-state index contributed by atoms with van der Waals surface area (Å²) in [5, 5.41) is 23.7. The first-order chi connectivity index (χ1) is 23.5. The smallest absolute Gasteiger partial charge is 0.289 e. The fourth-order valence-corrected chi connectivity index (χ4v) is 7.41. The third-order valence-corrected chi connectivity index (χ3v) is 10.6. The van der Waals surface area contributed by atoms with Crippen molar-refractivity contribution in [1.29, 1.82) is 0 Å². The summed E-state index contributed by atoms with van der Waals surface area (Å²) in [6, 6.07) is 4.10. The van der Waals surface area contributed by atoms with Gasteiger partial charge in [0.05, 0.1) is 23.9 Å². The van der Waals surface area contributed by atoms with Gasteiger partial charge in [0.15, 0.2) is 5.60 Å². The van der Waals surface area contributed by atoms with E-state index in [0.717, 1.165) is 18.4 Å². The van der Waals surface area contributed by atoms with Gasteiger partial charge in [-0.2, -0.15) is 0 Å². The topological polar surface area (TPSA) is 166 Å². The van der Waals surface area contributed by atoms with Gasteiger partial charge >= 0.3 is 0 Å². The van der Waals surface area contributed by atoms with E-state index in [1.807, 2.05) is 46.8 Å². The zero-order chi connectivity index (χ0) is 36.4. The summed E-state index contributed by atoms with van der Waals surface area (Å²) < 4.78 is 0. The summed E-state index contributed by atoms with van der Waals surface area (Å²) in [5.74, 6) is -2.63. The molecule has 50 heavy (non-hydrogen) atoms. The number of oxime groups is 1. The van der Waals surface area contributed by atoms with E-state index in [1.165, 1.54) is 4.90 Å². The van der Waals surface area contributed by atoms with Crippen LogP contribution >= 0.6 is 11.6 Å². The number of amides is 4. The van der Waals surface area contributed by atoms with Gasteiger partial charge < -0.3 is 30.8 Å². The van der Waals surface area contributed by atoms with E-state index < -0.39 is 58.2 Å². The van der Waals surface area contributed by atoms with Crippen LogP contribution in [-0.4, -0.2) is 87.0 Å². The number of nitrogens with one attached hydrogen (secondary N) is 3. The first kappa shape index (κ1) is 37.7. The van der Waals surface area contributed by atoms with Gasteiger partial charge in [-0.1, -0.05) is 63.0 Å². The molecule has 13 heteroatoms. The molecule has 274 valence electrons. The molecule has 4 aliphatic rings. The number of hydrogen-bond donors (Lipinski definition) is 4. The molecule has 0 aromatic heterocycles. The van der Waals surface area contributed by atoms with Gasteiger partial charge in [0.1, 0.15) is 12.1 Å². The van der Waals surface area contributed by atoms with Crippen molar-refractivity contribution in [2.75, 3.05) is 6.54 Å². The van der Waals surface area contributed by atoms with E-state index in [0.29, 0.717) is 49.3 Å². The van der Waals surface area contributed by atoms with Crippen LogP contribution in [0.2, 0.25) is 5.02 Å². The minimum atomic E-state index is -1.06. The summed E-state index contributed by atoms with van der Waals surface area (Å²) >= 11 is 6.25. The van der Waals surface area contributed by atoms with Crippen molar-refractivity contribution in [1.82, 2.24) is 20.9 Å². The highest BCUT2D eigenvalue weighted by molar-refractivity contribution is 6.38. The number of likely N-dealkylation sites (tertiary alicyclic amines) is 1. The Kier molecular flexibility index (Phi) is 11.3. The molecular formula is C37H52ClN5O7. The predicted octanol–water partition coefficient (Wildman–Crippen LogP) is 3.80. The van der Waals surface area contributed by atoms with Gasteiger partial charge in [0, 0.05) is 35.9 Å². The van der Waals surface area contributed by atoms with Crippen LogP contribution in [0.4, 0.5) is 0 Å². The average molecular weight is 714 g/mol. The molecule has 5 rings (SSSR count). The number of carbonyl (C=O) groups excluding carboxylic acids is 5. The van der Waals surface area contributed by atoms with E-state index >= 15 is 0 Å². The Balaban J connectivity index is 1.37. The highest BCUT2D eigenvalue weighted by Gasteiger charge is 2.55. The van der Waals surface area contributed by atoms with E-state index in [-0.39, 0.29) is 43.7 Å². The summed E-state index contributed by atoms with van der Waals surface area (Å²) in [6.45, 7) is 9.26. The third kappa shape index (κ3) is 9.23. The van der Waals surface area contributed by atoms with Crippen LogP contribution in [0.25, 0.3) is 0 Å². The van der Waals surface area contributed by atoms with Crippen molar-refractivity contribution in [2.45, 2.75) is 141 Å². The standard InChI is InChI=1S/C37H52ClN5O7/c1-6-8-26(30(45)33(47)39-25-11-12-25)40-32(46)28-20-37(19-27(42-50-37)23-9-7-10-24(38)18-23)21-43(28)34(48)31(35(2,3)4)41-29(44)17-22-13-15-36(5,49)16-14-22/h7,9-10,18,22,25-26,28,31,49H,6,8,11-17,19-21H2,1-5H3,(H,39,47)(H,40,46)(H,41,44)/t22?,26-,28-,31+,36?,37+/m0/s1. The normalized spacial score (nSPS) is 27.6. The molecule has 2 aliphatic heterocycles. The van der Waals surface area contributed by atoms with Gasteiger partial charge in [-0.25, -0.2) is 0 Å². The molecular weight excluding hydrogens is 662 g/mol. The van der Waals surface area contributed by atoms with Crippen LogP contribution in [0.5, 0.6) is 0 Å². The molecule has 1 spiro atoms. The highest BCUT2D eigenvalue weighted by atomic mass is 35.5. The monoisotopic (exact) mass is 713 g/mol. The minimum Gasteiger partial charge on any atom is -0.390 e. The summed E-state index contributed by atoms with van der Waals surface area (Å²) in [6.07, 6.45) is 5.72. The van der Waals surface area contributed by atoms with Crippen molar-refractivity contribution in [2.24, 2.45) is 16.5 Å². The zero-order valence-electron chi connectivity index (χ0n) is 29.9. The van der Waals surface area contributed by atoms with Gasteiger partial charge in [0.2, 0.25) is 23.5 Å². The number of ketones is 1. The van der Waals surface area contributed by atoms with E-state index in [1.54, 1.807) is 12.1 Å². The molecule has 12 nitrogen and oxygen atoms in total. The lowest BCUT2D eigenvalue weighted by Gasteiger charge is -2.36. The Bertz CT molecular complexity index is 1510. The molecule has 2 heterocycles. The molecule has 1 saturated heterocycles. The van der Waals surface area contributed by atoms with Crippen LogP contribution in [0.1, 0.15) is 111 Å². The van der Waals surface area contributed by atoms with Crippen molar-refractivity contribution in [3.8, 4) is 0 Å². The molecule has 2 aliphatic carbocycles. The summed E-state index contributed by atoms with van der Waals surface area (Å²) in [5.41, 5.74) is -1.09. The van der Waals surface area contributed by atoms with Crippen molar-refractivity contribution in [3.05, 3.63) is 34.9 Å². The SMILES string of the molecule is CCC[C@H](NC(=O)[C@@H]1C[C@]2(CC(c3cccc(Cl)c3)=NO2)CN1C(=O)[C@@H](NC(=O)CC1CCC(C)(O)CC1)C(C)(C)C)C(=O)C(=O)NC1CC1. The lowest BCUT2D eigenvalue weighted by Crippen LogP contribution is -2.59. The van der Waals surface area contributed by atoms with Crippen LogP contribution < -0.4 is 16.0 Å². The lowest BCUT2D eigenvalue weighted by molar-refractivity contribution is -0.145. The fraction of sp³-hybridized carbons (Fsp3) is 0.676. The van der Waals surface area contributed by atoms with Crippen LogP contribution in [-0.2, 0) is 28.8 Å². The number of rotatable bonds is 12. The first-order valence-corrected chi connectivity index (χ1v) is 18.4. The van der Waals surface area contributed by atoms with E-state index in [9.17, 15) is 29.1 Å². The van der Waals surface area contributed by atoms with Gasteiger partial charge in [-0.15, -0.1) is 0 Å². The molecule has 2 saturated carbocycles. The maximum absolute atomic E-state index is 14.6. The number of aliphatic hydroxyl groups is 1. The number of nitrogens with zero attached hydrogens (tertiary/aromatic N) is 2. The fourth-order valence-electron chi connectivity index (χ4n) is 7.22. The van der Waals surface area contributed by atoms with Gasteiger partial charge in [-0.05, 0) is 75.3 Å². The number of carbonyl (C=O) groups is 5. The minimum absolute atomic E-state index is 0.0158. The lowest BCUT2D eigenvalue weighted by atomic mass is 9.78. The van der Waals surface area contributed by atoms with Crippen molar-refractivity contribution in [3.63, 3.8) is 0 Å². The van der Waals surface area contributed by atoms with E-state index in [2.05, 4.69) is 21.1 Å². The number of benzene rings is 1. The van der Waals surface area contributed by atoms with Crippen LogP contribution in [0.15, 0.2) is 29.4 Å². The van der Waals surface area contributed by atoms with Gasteiger partial charge in [-0.3, -0.25) is 24.0 Å². The second kappa shape index (κ2) is 15.0. The van der Waals surface area contributed by atoms with Crippen LogP contribution in [0.3, 0.4) is 0 Å². The Morgan fingerprint density at radius 2 is 1.80 bits per heavy atom. The number of Topliss-reactive ketones (excluding diaryl/α,β-unsaturated/α-hetero) is 1. The maximum Gasteiger partial charge on any atom is 0.289 e. The van der Waals surface area contributed by atoms with E-state index in [4.69, 9.17) is 16.4 Å². The Morgan fingerprint density at radius 1 is 1.10 bits per heavy atom. The molecule has 4 N–H and O–H groups in total. The summed E-state index contributed by atoms with van der Waals surface area (Å²) in [7, 11) is 0. The second-order valence-electron chi connectivity index (χ2n) is 16.2. The largest absolute Gasteiger partial charge is 0.390 e. The van der Waals surface area contributed by atoms with Crippen molar-refractivity contribution >= 4 is 46.7 Å². The maximum atomic E-state index is 14.6. The van der Waals surface area contributed by atoms with Crippen molar-refractivity contribution < 1.29 is 33.9 Å². The predicted molar refractivity (Wildman–Crippen MR) is 188 cm³/mol. The molecule has 1 aromatic rings. The molecule has 0 bridgehead atoms. The van der Waals surface area contributed by atoms with Crippen LogP contribution in [0, 0.1) is 11.3 Å². The Morgan fingerprint density at radius 3 is 2.42 bits per heavy atom. The molecule has 4 amide bonds. The Labute approximate surface area is 299 Å².